The fourth-order valence-corrected chi connectivity index (χ4v) is 2.93. The smallest absolute Gasteiger partial charge is 0.186 e. The molecule has 17 heavy (non-hydrogen) atoms. The molecule has 3 rings (SSSR count). The van der Waals surface area contributed by atoms with Gasteiger partial charge in [0.05, 0.1) is 5.60 Å². The maximum atomic E-state index is 12.3. The van der Waals surface area contributed by atoms with Crippen molar-refractivity contribution < 1.29 is 9.53 Å². The Morgan fingerprint density at radius 3 is 3.00 bits per heavy atom. The van der Waals surface area contributed by atoms with Gasteiger partial charge in [-0.2, -0.15) is 5.10 Å². The Morgan fingerprint density at radius 2 is 2.41 bits per heavy atom. The van der Waals surface area contributed by atoms with Crippen LogP contribution in [0.15, 0.2) is 12.3 Å². The Hall–Kier alpha value is -1.16. The highest BCUT2D eigenvalue weighted by Crippen LogP contribution is 2.44. The van der Waals surface area contributed by atoms with Crippen LogP contribution in [0.5, 0.6) is 0 Å². The normalized spacial score (nSPS) is 26.8. The number of ether oxygens (including phenoxy) is 1. The molecule has 0 amide bonds. The minimum Gasteiger partial charge on any atom is -0.375 e. The van der Waals surface area contributed by atoms with E-state index >= 15 is 0 Å². The highest BCUT2D eigenvalue weighted by molar-refractivity contribution is 5.96. The molecule has 0 radical (unpaired) electrons. The van der Waals surface area contributed by atoms with Crippen molar-refractivity contribution in [3.05, 3.63) is 18.0 Å². The lowest BCUT2D eigenvalue weighted by Crippen LogP contribution is -2.47. The molecule has 1 aromatic rings. The van der Waals surface area contributed by atoms with E-state index in [1.54, 1.807) is 4.68 Å². The lowest BCUT2D eigenvalue weighted by Gasteiger charge is -2.46. The van der Waals surface area contributed by atoms with Gasteiger partial charge in [0.1, 0.15) is 5.69 Å². The molecule has 1 aliphatic carbocycles. The van der Waals surface area contributed by atoms with Crippen molar-refractivity contribution in [2.24, 2.45) is 13.0 Å². The largest absolute Gasteiger partial charge is 0.375 e. The van der Waals surface area contributed by atoms with E-state index in [1.165, 1.54) is 6.42 Å². The van der Waals surface area contributed by atoms with Crippen LogP contribution >= 0.6 is 0 Å². The Balaban J connectivity index is 1.73. The van der Waals surface area contributed by atoms with Crippen molar-refractivity contribution in [3.63, 3.8) is 0 Å². The summed E-state index contributed by atoms with van der Waals surface area (Å²) in [5.74, 6) is 0.305. The summed E-state index contributed by atoms with van der Waals surface area (Å²) in [6.07, 6.45) is 7.05. The molecule has 1 saturated heterocycles. The summed E-state index contributed by atoms with van der Waals surface area (Å²) in [6.45, 7) is 0.725. The van der Waals surface area contributed by atoms with E-state index < -0.39 is 0 Å². The second kappa shape index (κ2) is 3.95. The Bertz CT molecular complexity index is 434. The quantitative estimate of drug-likeness (QED) is 0.735. The molecule has 1 spiro atoms. The van der Waals surface area contributed by atoms with Gasteiger partial charge in [0.2, 0.25) is 0 Å². The van der Waals surface area contributed by atoms with E-state index in [1.807, 2.05) is 19.3 Å². The van der Waals surface area contributed by atoms with Crippen LogP contribution in [0.1, 0.15) is 42.6 Å². The zero-order chi connectivity index (χ0) is 11.9. The Kier molecular flexibility index (Phi) is 2.54. The predicted molar refractivity (Wildman–Crippen MR) is 62.8 cm³/mol. The molecule has 92 valence electrons. The average molecular weight is 234 g/mol. The van der Waals surface area contributed by atoms with Gasteiger partial charge in [0, 0.05) is 25.8 Å². The highest BCUT2D eigenvalue weighted by atomic mass is 16.5. The molecule has 1 aliphatic heterocycles. The minimum absolute atomic E-state index is 0.0351. The van der Waals surface area contributed by atoms with E-state index in [2.05, 4.69) is 5.10 Å². The van der Waals surface area contributed by atoms with Crippen molar-refractivity contribution in [2.75, 3.05) is 6.61 Å². The molecule has 2 heterocycles. The van der Waals surface area contributed by atoms with Crippen molar-refractivity contribution in [1.29, 1.82) is 0 Å². The first-order valence-corrected chi connectivity index (χ1v) is 6.36. The Labute approximate surface area is 101 Å². The summed E-state index contributed by atoms with van der Waals surface area (Å²) in [5.41, 5.74) is 0.641. The van der Waals surface area contributed by atoms with E-state index in [-0.39, 0.29) is 17.3 Å². The highest BCUT2D eigenvalue weighted by Gasteiger charge is 2.44. The summed E-state index contributed by atoms with van der Waals surface area (Å²) in [7, 11) is 1.84. The number of aromatic nitrogens is 2. The molecule has 1 aromatic heterocycles. The molecule has 0 bridgehead atoms. The van der Waals surface area contributed by atoms with Crippen molar-refractivity contribution >= 4 is 5.78 Å². The number of ketones is 1. The number of hydrogen-bond acceptors (Lipinski definition) is 3. The molecule has 1 unspecified atom stereocenters. The number of carbonyl (C=O) groups excluding carboxylic acids is 1. The molecule has 0 aromatic carbocycles. The monoisotopic (exact) mass is 234 g/mol. The third kappa shape index (κ3) is 1.90. The van der Waals surface area contributed by atoms with Crippen molar-refractivity contribution in [1.82, 2.24) is 9.78 Å². The fourth-order valence-electron chi connectivity index (χ4n) is 2.93. The molecule has 4 nitrogen and oxygen atoms in total. The van der Waals surface area contributed by atoms with Crippen LogP contribution in [0.3, 0.4) is 0 Å². The number of rotatable bonds is 2. The average Bonchev–Trinajstić information content (AvgIpc) is 2.73. The summed E-state index contributed by atoms with van der Waals surface area (Å²) in [4.78, 5) is 12.3. The zero-order valence-corrected chi connectivity index (χ0v) is 10.2. The van der Waals surface area contributed by atoms with Crippen LogP contribution in [0.2, 0.25) is 0 Å². The van der Waals surface area contributed by atoms with Gasteiger partial charge < -0.3 is 4.74 Å². The topological polar surface area (TPSA) is 44.1 Å². The lowest BCUT2D eigenvalue weighted by atomic mass is 9.71. The number of nitrogens with zero attached hydrogens (tertiary/aromatic N) is 2. The molecular formula is C13H18N2O2. The molecule has 0 N–H and O–H groups in total. The number of aryl methyl sites for hydroxylation is 1. The maximum Gasteiger partial charge on any atom is 0.186 e. The van der Waals surface area contributed by atoms with Gasteiger partial charge >= 0.3 is 0 Å². The summed E-state index contributed by atoms with van der Waals surface area (Å²) >= 11 is 0. The first kappa shape index (κ1) is 11.0. The second-order valence-electron chi connectivity index (χ2n) is 5.31. The van der Waals surface area contributed by atoms with E-state index in [9.17, 15) is 4.79 Å². The van der Waals surface area contributed by atoms with E-state index in [4.69, 9.17) is 4.74 Å². The van der Waals surface area contributed by atoms with Crippen LogP contribution in [0.25, 0.3) is 0 Å². The van der Waals surface area contributed by atoms with Gasteiger partial charge in [-0.3, -0.25) is 9.48 Å². The van der Waals surface area contributed by atoms with Crippen LogP contribution in [0.4, 0.5) is 0 Å². The predicted octanol–water partition coefficient (Wildman–Crippen LogP) is 1.95. The molecule has 2 aliphatic rings. The number of hydrogen-bond donors (Lipinski definition) is 0. The van der Waals surface area contributed by atoms with Gasteiger partial charge in [-0.15, -0.1) is 0 Å². The molecule has 1 atom stereocenters. The SMILES string of the molecule is Cn1ccc(C(=O)C2CCOC3(CCC3)C2)n1. The third-order valence-electron chi connectivity index (χ3n) is 4.09. The molecule has 4 heteroatoms. The first-order valence-electron chi connectivity index (χ1n) is 6.36. The van der Waals surface area contributed by atoms with E-state index in [0.717, 1.165) is 32.3 Å². The third-order valence-corrected chi connectivity index (χ3v) is 4.09. The van der Waals surface area contributed by atoms with Crippen LogP contribution < -0.4 is 0 Å². The van der Waals surface area contributed by atoms with Crippen molar-refractivity contribution in [2.45, 2.75) is 37.7 Å². The number of Topliss-reactive ketones (excluding diaryl/α,β-unsaturated/α-hetero) is 1. The zero-order valence-electron chi connectivity index (χ0n) is 10.2. The lowest BCUT2D eigenvalue weighted by molar-refractivity contribution is -0.137. The molecule has 2 fully saturated rings. The summed E-state index contributed by atoms with van der Waals surface area (Å²) < 4.78 is 7.53. The van der Waals surface area contributed by atoms with Crippen LogP contribution in [-0.2, 0) is 11.8 Å². The standard InChI is InChI=1S/C13H18N2O2/c1-15-7-3-11(14-15)12(16)10-4-8-17-13(9-10)5-2-6-13/h3,7,10H,2,4-6,8-9H2,1H3. The van der Waals surface area contributed by atoms with Crippen LogP contribution in [0, 0.1) is 5.92 Å². The minimum atomic E-state index is 0.0351. The van der Waals surface area contributed by atoms with Crippen LogP contribution in [-0.4, -0.2) is 27.8 Å². The molecule has 1 saturated carbocycles. The summed E-state index contributed by atoms with van der Waals surface area (Å²) in [6, 6.07) is 1.81. The van der Waals surface area contributed by atoms with Gasteiger partial charge in [0.25, 0.3) is 0 Å². The fraction of sp³-hybridized carbons (Fsp3) is 0.692. The Morgan fingerprint density at radius 1 is 1.59 bits per heavy atom. The molecular weight excluding hydrogens is 216 g/mol. The summed E-state index contributed by atoms with van der Waals surface area (Å²) in [5, 5.41) is 4.20. The van der Waals surface area contributed by atoms with Gasteiger partial charge in [-0.1, -0.05) is 0 Å². The van der Waals surface area contributed by atoms with Gasteiger partial charge in [-0.05, 0) is 38.2 Å². The number of carbonyl (C=O) groups is 1. The maximum absolute atomic E-state index is 12.3. The van der Waals surface area contributed by atoms with Crippen molar-refractivity contribution in [3.8, 4) is 0 Å². The second-order valence-corrected chi connectivity index (χ2v) is 5.31. The van der Waals surface area contributed by atoms with Gasteiger partial charge in [-0.25, -0.2) is 0 Å². The van der Waals surface area contributed by atoms with Gasteiger partial charge in [0.15, 0.2) is 5.78 Å². The first-order chi connectivity index (χ1) is 8.19. The van der Waals surface area contributed by atoms with E-state index in [0.29, 0.717) is 5.69 Å².